The van der Waals surface area contributed by atoms with Crippen molar-refractivity contribution >= 4 is 24.3 Å². The molecular formula is C14H17ClN2O3. The monoisotopic (exact) mass is 296 g/mol. The second-order valence-electron chi connectivity index (χ2n) is 5.06. The van der Waals surface area contributed by atoms with Crippen LogP contribution in [0.5, 0.6) is 0 Å². The quantitative estimate of drug-likeness (QED) is 0.868. The molecule has 0 unspecified atom stereocenters. The zero-order chi connectivity index (χ0) is 13.4. The van der Waals surface area contributed by atoms with Crippen LogP contribution in [0.2, 0.25) is 0 Å². The van der Waals surface area contributed by atoms with Crippen LogP contribution < -0.4 is 5.32 Å². The van der Waals surface area contributed by atoms with Gasteiger partial charge < -0.3 is 15.3 Å². The fourth-order valence-corrected chi connectivity index (χ4v) is 2.97. The SMILES string of the molecule is Cl.O=C(O)c1cccc2c1C(=O)N(C1CCNCC1)C2. The van der Waals surface area contributed by atoms with E-state index >= 15 is 0 Å². The van der Waals surface area contributed by atoms with Crippen molar-refractivity contribution in [1.82, 2.24) is 10.2 Å². The Morgan fingerprint density at radius 2 is 2.00 bits per heavy atom. The molecule has 6 heteroatoms. The number of piperidine rings is 1. The number of aromatic carboxylic acids is 1. The smallest absolute Gasteiger partial charge is 0.336 e. The maximum atomic E-state index is 12.5. The van der Waals surface area contributed by atoms with Gasteiger partial charge in [0, 0.05) is 12.6 Å². The first-order valence-corrected chi connectivity index (χ1v) is 6.55. The largest absolute Gasteiger partial charge is 0.478 e. The molecule has 0 bridgehead atoms. The molecule has 1 aromatic rings. The van der Waals surface area contributed by atoms with Crippen LogP contribution in [0.4, 0.5) is 0 Å². The zero-order valence-corrected chi connectivity index (χ0v) is 11.8. The second kappa shape index (κ2) is 5.81. The van der Waals surface area contributed by atoms with Crippen LogP contribution in [0.3, 0.4) is 0 Å². The summed E-state index contributed by atoms with van der Waals surface area (Å²) in [5.74, 6) is -1.16. The fraction of sp³-hybridized carbons (Fsp3) is 0.429. The van der Waals surface area contributed by atoms with Gasteiger partial charge in [0.2, 0.25) is 0 Å². The van der Waals surface area contributed by atoms with Gasteiger partial charge in [0.25, 0.3) is 5.91 Å². The van der Waals surface area contributed by atoms with E-state index in [9.17, 15) is 14.7 Å². The summed E-state index contributed by atoms with van der Waals surface area (Å²) in [6, 6.07) is 5.29. The molecule has 2 aliphatic heterocycles. The predicted octanol–water partition coefficient (Wildman–Crippen LogP) is 1.51. The second-order valence-corrected chi connectivity index (χ2v) is 5.06. The molecule has 2 heterocycles. The first-order valence-electron chi connectivity index (χ1n) is 6.55. The molecule has 108 valence electrons. The van der Waals surface area contributed by atoms with Crippen molar-refractivity contribution in [2.45, 2.75) is 25.4 Å². The van der Waals surface area contributed by atoms with Crippen molar-refractivity contribution < 1.29 is 14.7 Å². The Hall–Kier alpha value is -1.59. The molecule has 20 heavy (non-hydrogen) atoms. The minimum atomic E-state index is -1.03. The summed E-state index contributed by atoms with van der Waals surface area (Å²) in [5.41, 5.74) is 1.34. The predicted molar refractivity (Wildman–Crippen MR) is 76.4 cm³/mol. The highest BCUT2D eigenvalue weighted by Gasteiger charge is 2.35. The number of carbonyl (C=O) groups is 2. The summed E-state index contributed by atoms with van der Waals surface area (Å²) < 4.78 is 0. The van der Waals surface area contributed by atoms with Gasteiger partial charge in [-0.2, -0.15) is 0 Å². The van der Waals surface area contributed by atoms with Crippen molar-refractivity contribution in [1.29, 1.82) is 0 Å². The number of carboxylic acid groups (broad SMARTS) is 1. The van der Waals surface area contributed by atoms with E-state index in [1.54, 1.807) is 6.07 Å². The number of nitrogens with zero attached hydrogens (tertiary/aromatic N) is 1. The Bertz CT molecular complexity index is 541. The van der Waals surface area contributed by atoms with Crippen molar-refractivity contribution in [2.24, 2.45) is 0 Å². The maximum Gasteiger partial charge on any atom is 0.336 e. The third-order valence-corrected chi connectivity index (χ3v) is 3.95. The molecule has 0 radical (unpaired) electrons. The summed E-state index contributed by atoms with van der Waals surface area (Å²) in [4.78, 5) is 25.5. The summed E-state index contributed by atoms with van der Waals surface area (Å²) in [5, 5.41) is 12.5. The van der Waals surface area contributed by atoms with Crippen molar-refractivity contribution in [3.8, 4) is 0 Å². The Morgan fingerprint density at radius 1 is 1.30 bits per heavy atom. The van der Waals surface area contributed by atoms with Crippen molar-refractivity contribution in [3.05, 3.63) is 34.9 Å². The Balaban J connectivity index is 0.00000147. The van der Waals surface area contributed by atoms with Gasteiger partial charge in [0.1, 0.15) is 0 Å². The van der Waals surface area contributed by atoms with E-state index < -0.39 is 5.97 Å². The van der Waals surface area contributed by atoms with Gasteiger partial charge in [-0.3, -0.25) is 4.79 Å². The van der Waals surface area contributed by atoms with Gasteiger partial charge in [0.05, 0.1) is 11.1 Å². The van der Waals surface area contributed by atoms with Crippen LogP contribution in [-0.2, 0) is 6.54 Å². The highest BCUT2D eigenvalue weighted by Crippen LogP contribution is 2.29. The summed E-state index contributed by atoms with van der Waals surface area (Å²) in [6.07, 6.45) is 1.87. The molecule has 2 aliphatic rings. The number of hydrogen-bond donors (Lipinski definition) is 2. The number of benzene rings is 1. The van der Waals surface area contributed by atoms with E-state index in [0.717, 1.165) is 31.5 Å². The summed E-state index contributed by atoms with van der Waals surface area (Å²) in [6.45, 7) is 2.37. The van der Waals surface area contributed by atoms with Gasteiger partial charge in [-0.1, -0.05) is 12.1 Å². The lowest BCUT2D eigenvalue weighted by atomic mass is 10.0. The van der Waals surface area contributed by atoms with Crippen LogP contribution in [0.1, 0.15) is 39.1 Å². The molecule has 2 N–H and O–H groups in total. The van der Waals surface area contributed by atoms with Gasteiger partial charge >= 0.3 is 5.97 Å². The van der Waals surface area contributed by atoms with E-state index in [0.29, 0.717) is 12.1 Å². The van der Waals surface area contributed by atoms with Crippen molar-refractivity contribution in [3.63, 3.8) is 0 Å². The molecule has 5 nitrogen and oxygen atoms in total. The average Bonchev–Trinajstić information content (AvgIpc) is 2.77. The number of hydrogen-bond acceptors (Lipinski definition) is 3. The number of amides is 1. The summed E-state index contributed by atoms with van der Waals surface area (Å²) >= 11 is 0. The molecule has 1 fully saturated rings. The Labute approximate surface area is 123 Å². The van der Waals surface area contributed by atoms with E-state index in [1.807, 2.05) is 11.0 Å². The highest BCUT2D eigenvalue weighted by molar-refractivity contribution is 6.07. The molecule has 0 atom stereocenters. The average molecular weight is 297 g/mol. The lowest BCUT2D eigenvalue weighted by Gasteiger charge is -2.31. The topological polar surface area (TPSA) is 69.6 Å². The number of fused-ring (bicyclic) bond motifs is 1. The van der Waals surface area contributed by atoms with Gasteiger partial charge in [-0.15, -0.1) is 12.4 Å². The molecule has 3 rings (SSSR count). The number of halogens is 1. The molecule has 0 aromatic heterocycles. The lowest BCUT2D eigenvalue weighted by Crippen LogP contribution is -2.43. The molecule has 0 saturated carbocycles. The number of rotatable bonds is 2. The standard InChI is InChI=1S/C14H16N2O3.ClH/c17-13-12-9(2-1-3-11(12)14(18)19)8-16(13)10-4-6-15-7-5-10;/h1-3,10,15H,4-8H2,(H,18,19);1H. The maximum absolute atomic E-state index is 12.5. The third-order valence-electron chi connectivity index (χ3n) is 3.95. The van der Waals surface area contributed by atoms with Gasteiger partial charge in [0.15, 0.2) is 0 Å². The first kappa shape index (κ1) is 14.8. The molecule has 0 aliphatic carbocycles. The summed E-state index contributed by atoms with van der Waals surface area (Å²) in [7, 11) is 0. The van der Waals surface area contributed by atoms with Crippen molar-refractivity contribution in [2.75, 3.05) is 13.1 Å². The van der Waals surface area contributed by atoms with E-state index in [-0.39, 0.29) is 29.9 Å². The van der Waals surface area contributed by atoms with Crippen LogP contribution in [-0.4, -0.2) is 41.0 Å². The minimum Gasteiger partial charge on any atom is -0.478 e. The van der Waals surface area contributed by atoms with E-state index in [4.69, 9.17) is 0 Å². The van der Waals surface area contributed by atoms with E-state index in [2.05, 4.69) is 5.32 Å². The first-order chi connectivity index (χ1) is 9.18. The molecule has 0 spiro atoms. The number of carbonyl (C=O) groups excluding carboxylic acids is 1. The van der Waals surface area contributed by atoms with Crippen LogP contribution >= 0.6 is 12.4 Å². The number of carboxylic acids is 1. The zero-order valence-electron chi connectivity index (χ0n) is 11.0. The van der Waals surface area contributed by atoms with Crippen LogP contribution in [0.15, 0.2) is 18.2 Å². The lowest BCUT2D eigenvalue weighted by molar-refractivity contribution is 0.0643. The third kappa shape index (κ3) is 2.39. The van der Waals surface area contributed by atoms with Gasteiger partial charge in [-0.25, -0.2) is 4.79 Å². The molecular weight excluding hydrogens is 280 g/mol. The molecule has 1 amide bonds. The van der Waals surface area contributed by atoms with Gasteiger partial charge in [-0.05, 0) is 37.6 Å². The Kier molecular flexibility index (Phi) is 4.30. The van der Waals surface area contributed by atoms with Crippen LogP contribution in [0, 0.1) is 0 Å². The fourth-order valence-electron chi connectivity index (χ4n) is 2.97. The van der Waals surface area contributed by atoms with E-state index in [1.165, 1.54) is 6.07 Å². The van der Waals surface area contributed by atoms with Crippen LogP contribution in [0.25, 0.3) is 0 Å². The highest BCUT2D eigenvalue weighted by atomic mass is 35.5. The number of nitrogens with one attached hydrogen (secondary N) is 1. The molecule has 1 aromatic carbocycles. The minimum absolute atomic E-state index is 0. The Morgan fingerprint density at radius 3 is 2.65 bits per heavy atom. The normalized spacial score (nSPS) is 18.6. The molecule has 1 saturated heterocycles.